The second-order valence-corrected chi connectivity index (χ2v) is 13.1. The molecular weight excluding hydrogens is 694 g/mol. The van der Waals surface area contributed by atoms with Crippen LogP contribution in [0.1, 0.15) is 66.3 Å². The molecule has 0 radical (unpaired) electrons. The van der Waals surface area contributed by atoms with Crippen LogP contribution in [0.2, 0.25) is 0 Å². The van der Waals surface area contributed by atoms with Crippen molar-refractivity contribution >= 4 is 63.6 Å². The van der Waals surface area contributed by atoms with Gasteiger partial charge in [0.15, 0.2) is 29.7 Å². The van der Waals surface area contributed by atoms with Crippen LogP contribution in [0.4, 0.5) is 0 Å². The van der Waals surface area contributed by atoms with Crippen molar-refractivity contribution in [3.05, 3.63) is 40.2 Å². The van der Waals surface area contributed by atoms with Gasteiger partial charge in [0, 0.05) is 64.6 Å². The number of esters is 4. The van der Waals surface area contributed by atoms with E-state index in [1.165, 1.54) is 13.0 Å². The Hall–Kier alpha value is -4.97. The summed E-state index contributed by atoms with van der Waals surface area (Å²) in [6, 6.07) is 6.12. The molecule has 2 aliphatic heterocycles. The number of amidine groups is 1. The number of carbonyl (C=O) groups is 6. The third-order valence-electron chi connectivity index (χ3n) is 7.32. The number of thioether (sulfide) groups is 1. The van der Waals surface area contributed by atoms with E-state index in [0.717, 1.165) is 56.3 Å². The zero-order valence-corrected chi connectivity index (χ0v) is 30.0. The van der Waals surface area contributed by atoms with E-state index in [-0.39, 0.29) is 16.7 Å². The van der Waals surface area contributed by atoms with Crippen LogP contribution in [-0.2, 0) is 52.5 Å². The second kappa shape index (κ2) is 16.4. The topological polar surface area (TPSA) is 207 Å². The molecule has 1 fully saturated rings. The van der Waals surface area contributed by atoms with Crippen molar-refractivity contribution in [2.24, 2.45) is 11.0 Å². The molecule has 1 aromatic carbocycles. The van der Waals surface area contributed by atoms with E-state index in [2.05, 4.69) is 5.10 Å². The number of nitrogens with zero attached hydrogens (tertiary/aromatic N) is 3. The van der Waals surface area contributed by atoms with Gasteiger partial charge in [-0.3, -0.25) is 33.7 Å². The molecule has 1 unspecified atom stereocenters. The molecule has 2 aliphatic rings. The van der Waals surface area contributed by atoms with Crippen LogP contribution in [0.15, 0.2) is 38.6 Å². The standard InChI is InChI=1S/C33H39N3O14S/c1-15(2)13-45-22-9-10-23-24(12-27(43)49-25(23)11-22)32-36(17(4)38)34-33(51-32)35(16(3)37)31-30(48-21(8)42)29(47-20(7)41)28(46-19(6)40)26(50-31)14-44-18(5)39/h9-12,15,26,28-32H,13-14H2,1-8H3/t26-,28-,29+,30-,31-,32?/m1/s1. The van der Waals surface area contributed by atoms with Crippen molar-refractivity contribution in [3.8, 4) is 5.75 Å². The van der Waals surface area contributed by atoms with Crippen molar-refractivity contribution in [1.29, 1.82) is 0 Å². The number of hydrogen-bond acceptors (Lipinski definition) is 16. The third kappa shape index (κ3) is 9.43. The molecule has 0 N–H and O–H groups in total. The smallest absolute Gasteiger partial charge is 0.336 e. The number of benzene rings is 1. The van der Waals surface area contributed by atoms with Crippen LogP contribution >= 0.6 is 11.8 Å². The molecule has 0 spiro atoms. The molecule has 1 aromatic heterocycles. The Labute approximate surface area is 296 Å². The number of hydrogen-bond donors (Lipinski definition) is 0. The number of ether oxygens (including phenoxy) is 6. The molecule has 0 saturated carbocycles. The Morgan fingerprint density at radius 2 is 1.51 bits per heavy atom. The molecule has 0 bridgehead atoms. The van der Waals surface area contributed by atoms with Gasteiger partial charge >= 0.3 is 29.5 Å². The predicted octanol–water partition coefficient (Wildman–Crippen LogP) is 2.62. The van der Waals surface area contributed by atoms with E-state index in [1.54, 1.807) is 18.2 Å². The van der Waals surface area contributed by atoms with Gasteiger partial charge in [-0.1, -0.05) is 25.6 Å². The van der Waals surface area contributed by atoms with Gasteiger partial charge in [-0.25, -0.2) is 9.80 Å². The number of amides is 2. The second-order valence-electron chi connectivity index (χ2n) is 12.1. The molecule has 1 saturated heterocycles. The molecule has 276 valence electrons. The summed E-state index contributed by atoms with van der Waals surface area (Å²) in [7, 11) is 0. The number of fused-ring (bicyclic) bond motifs is 1. The summed E-state index contributed by atoms with van der Waals surface area (Å²) >= 11 is 0.889. The maximum Gasteiger partial charge on any atom is 0.336 e. The number of hydrazone groups is 1. The predicted molar refractivity (Wildman–Crippen MR) is 178 cm³/mol. The van der Waals surface area contributed by atoms with Gasteiger partial charge in [-0.15, -0.1) is 5.10 Å². The van der Waals surface area contributed by atoms with Crippen LogP contribution < -0.4 is 10.4 Å². The zero-order chi connectivity index (χ0) is 37.7. The maximum absolute atomic E-state index is 13.5. The Balaban J connectivity index is 1.82. The SMILES string of the molecule is CC(=O)OC[C@H]1O[C@@H](N(C(C)=O)C2=NN(C(C)=O)C(c3cc(=O)oc4cc(OCC(C)C)ccc34)S2)[C@H](OC(C)=O)[C@@H](OC(C)=O)[C@@H]1OC(C)=O. The maximum atomic E-state index is 13.5. The average molecular weight is 734 g/mol. The fourth-order valence-corrected chi connectivity index (χ4v) is 6.71. The Bertz CT molecular complexity index is 1790. The minimum Gasteiger partial charge on any atom is -0.493 e. The highest BCUT2D eigenvalue weighted by molar-refractivity contribution is 8.14. The van der Waals surface area contributed by atoms with E-state index in [0.29, 0.717) is 23.3 Å². The van der Waals surface area contributed by atoms with Crippen LogP contribution in [0.5, 0.6) is 5.75 Å². The molecular formula is C33H39N3O14S. The van der Waals surface area contributed by atoms with Gasteiger partial charge in [-0.05, 0) is 18.1 Å². The third-order valence-corrected chi connectivity index (χ3v) is 8.48. The summed E-state index contributed by atoms with van der Waals surface area (Å²) in [6.07, 6.45) is -7.67. The van der Waals surface area contributed by atoms with Crippen molar-refractivity contribution in [2.45, 2.75) is 91.4 Å². The molecule has 6 atom stereocenters. The highest BCUT2D eigenvalue weighted by Crippen LogP contribution is 2.44. The summed E-state index contributed by atoms with van der Waals surface area (Å²) in [5.41, 5.74) is -0.223. The highest BCUT2D eigenvalue weighted by Gasteiger charge is 2.56. The molecule has 17 nitrogen and oxygen atoms in total. The van der Waals surface area contributed by atoms with Crippen LogP contribution in [-0.4, -0.2) is 94.6 Å². The summed E-state index contributed by atoms with van der Waals surface area (Å²) < 4.78 is 39.1. The lowest BCUT2D eigenvalue weighted by Crippen LogP contribution is -2.67. The van der Waals surface area contributed by atoms with E-state index in [4.69, 9.17) is 32.8 Å². The summed E-state index contributed by atoms with van der Waals surface area (Å²) in [4.78, 5) is 89.0. The Morgan fingerprint density at radius 1 is 0.882 bits per heavy atom. The first-order valence-electron chi connectivity index (χ1n) is 15.8. The molecule has 3 heterocycles. The largest absolute Gasteiger partial charge is 0.493 e. The first-order valence-corrected chi connectivity index (χ1v) is 16.7. The van der Waals surface area contributed by atoms with E-state index in [1.807, 2.05) is 13.8 Å². The van der Waals surface area contributed by atoms with Gasteiger partial charge in [-0.2, -0.15) is 0 Å². The van der Waals surface area contributed by atoms with Gasteiger partial charge in [0.2, 0.25) is 11.8 Å². The molecule has 0 aliphatic carbocycles. The average Bonchev–Trinajstić information content (AvgIpc) is 3.45. The molecule has 51 heavy (non-hydrogen) atoms. The van der Waals surface area contributed by atoms with Gasteiger partial charge in [0.25, 0.3) is 0 Å². The van der Waals surface area contributed by atoms with E-state index >= 15 is 0 Å². The fraction of sp³-hybridized carbons (Fsp3) is 0.515. The van der Waals surface area contributed by atoms with Crippen LogP contribution in [0.3, 0.4) is 0 Å². The molecule has 4 rings (SSSR count). The normalized spacial score (nSPS) is 22.9. The number of rotatable bonds is 10. The summed E-state index contributed by atoms with van der Waals surface area (Å²) in [5.74, 6) is -3.88. The van der Waals surface area contributed by atoms with Crippen molar-refractivity contribution in [2.75, 3.05) is 13.2 Å². The quantitative estimate of drug-likeness (QED) is 0.195. The van der Waals surface area contributed by atoms with Crippen molar-refractivity contribution in [1.82, 2.24) is 9.91 Å². The van der Waals surface area contributed by atoms with E-state index in [9.17, 15) is 33.6 Å². The van der Waals surface area contributed by atoms with Crippen LogP contribution in [0, 0.1) is 5.92 Å². The summed E-state index contributed by atoms with van der Waals surface area (Å²) in [6.45, 7) is 10.6. The minimum atomic E-state index is -1.64. The first kappa shape index (κ1) is 38.8. The van der Waals surface area contributed by atoms with Gasteiger partial charge < -0.3 is 32.8 Å². The first-order chi connectivity index (χ1) is 24.0. The van der Waals surface area contributed by atoms with Crippen molar-refractivity contribution in [3.63, 3.8) is 0 Å². The summed E-state index contributed by atoms with van der Waals surface area (Å²) in [5, 5.41) is 4.78. The van der Waals surface area contributed by atoms with E-state index < -0.39 is 83.9 Å². The Kier molecular flexibility index (Phi) is 12.5. The lowest BCUT2D eigenvalue weighted by Gasteiger charge is -2.47. The monoisotopic (exact) mass is 733 g/mol. The lowest BCUT2D eigenvalue weighted by molar-refractivity contribution is -0.269. The zero-order valence-electron chi connectivity index (χ0n) is 29.2. The van der Waals surface area contributed by atoms with Gasteiger partial charge in [0.1, 0.15) is 29.4 Å². The van der Waals surface area contributed by atoms with Gasteiger partial charge in [0.05, 0.1) is 6.61 Å². The molecule has 2 amide bonds. The van der Waals surface area contributed by atoms with Crippen molar-refractivity contribution < 1.29 is 61.6 Å². The molecule has 2 aromatic rings. The fourth-order valence-electron chi connectivity index (χ4n) is 5.41. The number of carbonyl (C=O) groups excluding carboxylic acids is 6. The molecule has 18 heteroatoms. The Morgan fingerprint density at radius 3 is 2.08 bits per heavy atom. The van der Waals surface area contributed by atoms with Crippen LogP contribution in [0.25, 0.3) is 11.0 Å². The minimum absolute atomic E-state index is 0.137. The highest BCUT2D eigenvalue weighted by atomic mass is 32.2. The lowest BCUT2D eigenvalue weighted by atomic mass is 9.96.